The van der Waals surface area contributed by atoms with Crippen molar-refractivity contribution in [1.29, 1.82) is 0 Å². The van der Waals surface area contributed by atoms with Crippen LogP contribution in [0.3, 0.4) is 0 Å². The molecular formula is C9H16O. The topological polar surface area (TPSA) is 20.2 Å². The molecule has 2 unspecified atom stereocenters. The third kappa shape index (κ3) is 1.99. The molecular weight excluding hydrogens is 124 g/mol. The number of hydrogen-bond donors (Lipinski definition) is 1. The molecule has 0 spiro atoms. The second-order valence-electron chi connectivity index (χ2n) is 2.88. The van der Waals surface area contributed by atoms with Gasteiger partial charge in [-0.3, -0.25) is 0 Å². The van der Waals surface area contributed by atoms with Gasteiger partial charge in [0.05, 0.1) is 6.10 Å². The molecule has 0 bridgehead atoms. The summed E-state index contributed by atoms with van der Waals surface area (Å²) in [6.45, 7) is 11.0. The maximum atomic E-state index is 9.28. The van der Waals surface area contributed by atoms with E-state index in [0.29, 0.717) is 0 Å². The van der Waals surface area contributed by atoms with Crippen molar-refractivity contribution in [3.63, 3.8) is 0 Å². The third-order valence-electron chi connectivity index (χ3n) is 2.00. The highest BCUT2D eigenvalue weighted by Gasteiger charge is 2.24. The fourth-order valence-corrected chi connectivity index (χ4v) is 0.735. The summed E-state index contributed by atoms with van der Waals surface area (Å²) in [7, 11) is 0. The molecule has 2 atom stereocenters. The van der Waals surface area contributed by atoms with Crippen LogP contribution < -0.4 is 0 Å². The normalized spacial score (nSPS) is 19.1. The first kappa shape index (κ1) is 9.44. The Bertz CT molecular complexity index is 127. The van der Waals surface area contributed by atoms with Crippen molar-refractivity contribution in [2.45, 2.75) is 26.4 Å². The van der Waals surface area contributed by atoms with E-state index >= 15 is 0 Å². The van der Waals surface area contributed by atoms with Gasteiger partial charge >= 0.3 is 0 Å². The van der Waals surface area contributed by atoms with Crippen molar-refractivity contribution in [1.82, 2.24) is 0 Å². The van der Waals surface area contributed by atoms with Gasteiger partial charge in [-0.15, -0.1) is 13.2 Å². The van der Waals surface area contributed by atoms with E-state index in [9.17, 15) is 5.11 Å². The Morgan fingerprint density at radius 1 is 1.60 bits per heavy atom. The molecule has 0 saturated carbocycles. The smallest absolute Gasteiger partial charge is 0.0602 e. The van der Waals surface area contributed by atoms with E-state index in [1.165, 1.54) is 0 Å². The van der Waals surface area contributed by atoms with Crippen LogP contribution in [0.2, 0.25) is 0 Å². The predicted molar refractivity (Wildman–Crippen MR) is 44.8 cm³/mol. The van der Waals surface area contributed by atoms with Crippen LogP contribution in [0.4, 0.5) is 0 Å². The molecule has 0 aliphatic rings. The van der Waals surface area contributed by atoms with Crippen LogP contribution >= 0.6 is 0 Å². The molecule has 58 valence electrons. The van der Waals surface area contributed by atoms with E-state index in [1.54, 1.807) is 19.1 Å². The van der Waals surface area contributed by atoms with Gasteiger partial charge in [0, 0.05) is 5.41 Å². The molecule has 1 heteroatoms. The van der Waals surface area contributed by atoms with E-state index in [2.05, 4.69) is 13.2 Å². The van der Waals surface area contributed by atoms with E-state index in [1.807, 2.05) is 6.92 Å². The second kappa shape index (κ2) is 3.57. The lowest BCUT2D eigenvalue weighted by Gasteiger charge is -2.27. The zero-order valence-electron chi connectivity index (χ0n) is 6.80. The van der Waals surface area contributed by atoms with Gasteiger partial charge in [-0.25, -0.2) is 0 Å². The van der Waals surface area contributed by atoms with E-state index in [4.69, 9.17) is 0 Å². The lowest BCUT2D eigenvalue weighted by Crippen LogP contribution is -2.26. The molecule has 0 heterocycles. The van der Waals surface area contributed by atoms with Gasteiger partial charge in [0.2, 0.25) is 0 Å². The number of hydrogen-bond acceptors (Lipinski definition) is 1. The maximum absolute atomic E-state index is 9.28. The first-order chi connectivity index (χ1) is 4.56. The molecule has 0 rings (SSSR count). The molecule has 0 fully saturated rings. The lowest BCUT2D eigenvalue weighted by molar-refractivity contribution is 0.0893. The highest BCUT2D eigenvalue weighted by atomic mass is 16.3. The van der Waals surface area contributed by atoms with Gasteiger partial charge in [0.25, 0.3) is 0 Å². The minimum Gasteiger partial charge on any atom is -0.393 e. The molecule has 0 aromatic carbocycles. The van der Waals surface area contributed by atoms with Crippen LogP contribution in [0.25, 0.3) is 0 Å². The molecule has 1 N–H and O–H groups in total. The van der Waals surface area contributed by atoms with Gasteiger partial charge < -0.3 is 5.11 Å². The van der Waals surface area contributed by atoms with Crippen molar-refractivity contribution in [3.05, 3.63) is 25.3 Å². The lowest BCUT2D eigenvalue weighted by atomic mass is 9.82. The van der Waals surface area contributed by atoms with Gasteiger partial charge in [0.1, 0.15) is 0 Å². The number of allylic oxidation sites excluding steroid dienone is 1. The van der Waals surface area contributed by atoms with E-state index in [-0.39, 0.29) is 11.5 Å². The molecule has 0 radical (unpaired) electrons. The zero-order chi connectivity index (χ0) is 8.20. The average Bonchev–Trinajstić information content (AvgIpc) is 1.88. The zero-order valence-corrected chi connectivity index (χ0v) is 6.80. The predicted octanol–water partition coefficient (Wildman–Crippen LogP) is 2.14. The fraction of sp³-hybridized carbons (Fsp3) is 0.556. The Hall–Kier alpha value is -0.560. The Balaban J connectivity index is 4.21. The van der Waals surface area contributed by atoms with Crippen molar-refractivity contribution in [2.75, 3.05) is 0 Å². The van der Waals surface area contributed by atoms with E-state index in [0.717, 1.165) is 6.42 Å². The van der Waals surface area contributed by atoms with Crippen molar-refractivity contribution >= 4 is 0 Å². The van der Waals surface area contributed by atoms with Gasteiger partial charge in [-0.1, -0.05) is 19.1 Å². The van der Waals surface area contributed by atoms with Crippen molar-refractivity contribution < 1.29 is 5.11 Å². The SMILES string of the molecule is C=CCC(C)(C=C)C(C)O. The summed E-state index contributed by atoms with van der Waals surface area (Å²) in [5, 5.41) is 9.28. The standard InChI is InChI=1S/C9H16O/c1-5-7-9(4,6-2)8(3)10/h5-6,8,10H,1-2,7H2,3-4H3. The minimum absolute atomic E-state index is 0.207. The number of aliphatic hydroxyl groups excluding tert-OH is 1. The molecule has 0 aromatic rings. The Kier molecular flexibility index (Phi) is 3.37. The molecule has 0 aromatic heterocycles. The van der Waals surface area contributed by atoms with Crippen LogP contribution in [0, 0.1) is 5.41 Å². The molecule has 0 saturated heterocycles. The summed E-state index contributed by atoms with van der Waals surface area (Å²) < 4.78 is 0. The molecule has 0 aliphatic heterocycles. The van der Waals surface area contributed by atoms with Crippen molar-refractivity contribution in [3.8, 4) is 0 Å². The van der Waals surface area contributed by atoms with Crippen LogP contribution in [0.5, 0.6) is 0 Å². The molecule has 0 amide bonds. The molecule has 1 nitrogen and oxygen atoms in total. The summed E-state index contributed by atoms with van der Waals surface area (Å²) in [5.74, 6) is 0. The van der Waals surface area contributed by atoms with E-state index < -0.39 is 0 Å². The number of rotatable bonds is 4. The highest BCUT2D eigenvalue weighted by molar-refractivity contribution is 4.98. The minimum atomic E-state index is -0.358. The first-order valence-electron chi connectivity index (χ1n) is 3.49. The van der Waals surface area contributed by atoms with Gasteiger partial charge in [-0.05, 0) is 13.3 Å². The first-order valence-corrected chi connectivity index (χ1v) is 3.49. The summed E-state index contributed by atoms with van der Waals surface area (Å²) in [4.78, 5) is 0. The summed E-state index contributed by atoms with van der Waals surface area (Å²) in [5.41, 5.74) is -0.207. The Labute approximate surface area is 63.1 Å². The fourth-order valence-electron chi connectivity index (χ4n) is 0.735. The second-order valence-corrected chi connectivity index (χ2v) is 2.88. The molecule has 10 heavy (non-hydrogen) atoms. The summed E-state index contributed by atoms with van der Waals surface area (Å²) in [6, 6.07) is 0. The Morgan fingerprint density at radius 2 is 2.10 bits per heavy atom. The molecule has 0 aliphatic carbocycles. The Morgan fingerprint density at radius 3 is 2.20 bits per heavy atom. The monoisotopic (exact) mass is 140 g/mol. The van der Waals surface area contributed by atoms with Gasteiger partial charge in [-0.2, -0.15) is 0 Å². The third-order valence-corrected chi connectivity index (χ3v) is 2.00. The number of aliphatic hydroxyl groups is 1. The summed E-state index contributed by atoms with van der Waals surface area (Å²) in [6.07, 6.45) is 3.99. The van der Waals surface area contributed by atoms with Crippen molar-refractivity contribution in [2.24, 2.45) is 5.41 Å². The van der Waals surface area contributed by atoms with Crippen LogP contribution in [0.1, 0.15) is 20.3 Å². The quantitative estimate of drug-likeness (QED) is 0.593. The largest absolute Gasteiger partial charge is 0.393 e. The maximum Gasteiger partial charge on any atom is 0.0602 e. The highest BCUT2D eigenvalue weighted by Crippen LogP contribution is 2.27. The van der Waals surface area contributed by atoms with Crippen LogP contribution in [-0.4, -0.2) is 11.2 Å². The van der Waals surface area contributed by atoms with Crippen LogP contribution in [0.15, 0.2) is 25.3 Å². The van der Waals surface area contributed by atoms with Gasteiger partial charge in [0.15, 0.2) is 0 Å². The average molecular weight is 140 g/mol. The summed E-state index contributed by atoms with van der Waals surface area (Å²) >= 11 is 0. The van der Waals surface area contributed by atoms with Crippen LogP contribution in [-0.2, 0) is 0 Å².